The van der Waals surface area contributed by atoms with E-state index in [1.807, 2.05) is 24.3 Å². The summed E-state index contributed by atoms with van der Waals surface area (Å²) < 4.78 is 31.6. The lowest BCUT2D eigenvalue weighted by Gasteiger charge is -2.32. The van der Waals surface area contributed by atoms with Crippen LogP contribution in [-0.4, -0.2) is 48.9 Å². The van der Waals surface area contributed by atoms with Crippen LogP contribution in [0, 0.1) is 11.7 Å². The smallest absolute Gasteiger partial charge is 0.321 e. The molecule has 1 aliphatic carbocycles. The topological polar surface area (TPSA) is 78.9 Å². The average molecular weight is 475 g/mol. The van der Waals surface area contributed by atoms with Crippen molar-refractivity contribution in [2.24, 2.45) is 5.92 Å². The molecular formula is C25H32FN2O4P. The Balaban J connectivity index is 1.38. The van der Waals surface area contributed by atoms with Crippen LogP contribution >= 0.6 is 7.37 Å². The van der Waals surface area contributed by atoms with Crippen LogP contribution in [-0.2, 0) is 4.57 Å². The number of likely N-dealkylation sites (tertiary alicyclic amines) is 1. The zero-order valence-electron chi connectivity index (χ0n) is 19.2. The van der Waals surface area contributed by atoms with Gasteiger partial charge in [-0.15, -0.1) is 0 Å². The van der Waals surface area contributed by atoms with Crippen molar-refractivity contribution < 1.29 is 23.4 Å². The lowest BCUT2D eigenvalue weighted by atomic mass is 9.89. The maximum Gasteiger partial charge on any atom is 0.321 e. The Labute approximate surface area is 194 Å². The highest BCUT2D eigenvalue weighted by molar-refractivity contribution is 7.57. The molecule has 1 saturated carbocycles. The fourth-order valence-corrected chi connectivity index (χ4v) is 6.03. The van der Waals surface area contributed by atoms with E-state index in [9.17, 15) is 18.6 Å². The van der Waals surface area contributed by atoms with E-state index >= 15 is 0 Å². The van der Waals surface area contributed by atoms with Crippen molar-refractivity contribution in [3.8, 4) is 5.75 Å². The highest BCUT2D eigenvalue weighted by Crippen LogP contribution is 2.50. The molecule has 2 aromatic carbocycles. The predicted octanol–water partition coefficient (Wildman–Crippen LogP) is 5.64. The van der Waals surface area contributed by atoms with Gasteiger partial charge in [-0.25, -0.2) is 9.18 Å². The number of piperidine rings is 1. The van der Waals surface area contributed by atoms with E-state index in [-0.39, 0.29) is 29.8 Å². The molecule has 1 unspecified atom stereocenters. The minimum atomic E-state index is -3.14. The van der Waals surface area contributed by atoms with E-state index in [4.69, 9.17) is 4.74 Å². The lowest BCUT2D eigenvalue weighted by molar-refractivity contribution is 0.194. The van der Waals surface area contributed by atoms with Gasteiger partial charge in [0.15, 0.2) is 7.37 Å². The number of methoxy groups -OCH3 is 1. The van der Waals surface area contributed by atoms with E-state index in [0.717, 1.165) is 18.4 Å². The number of nitrogens with zero attached hydrogens (tertiary/aromatic N) is 1. The maximum absolute atomic E-state index is 14.3. The number of nitrogens with one attached hydrogen (secondary N) is 1. The summed E-state index contributed by atoms with van der Waals surface area (Å²) in [4.78, 5) is 24.5. The summed E-state index contributed by atoms with van der Waals surface area (Å²) in [5.74, 6) is 0.926. The van der Waals surface area contributed by atoms with Gasteiger partial charge in [-0.05, 0) is 84.9 Å². The van der Waals surface area contributed by atoms with Gasteiger partial charge in [-0.3, -0.25) is 4.57 Å². The van der Waals surface area contributed by atoms with Crippen LogP contribution in [0.25, 0.3) is 0 Å². The first-order valence-electron chi connectivity index (χ1n) is 11.5. The summed E-state index contributed by atoms with van der Waals surface area (Å²) in [5, 5.41) is 2.97. The molecule has 0 bridgehead atoms. The van der Waals surface area contributed by atoms with Gasteiger partial charge in [0.05, 0.1) is 7.11 Å². The Kier molecular flexibility index (Phi) is 7.10. The fourth-order valence-electron chi connectivity index (χ4n) is 4.80. The van der Waals surface area contributed by atoms with Crippen LogP contribution < -0.4 is 10.1 Å². The molecule has 0 radical (unpaired) electrons. The molecule has 178 valence electrons. The Bertz CT molecular complexity index is 1040. The molecule has 1 aliphatic heterocycles. The van der Waals surface area contributed by atoms with E-state index in [1.54, 1.807) is 24.1 Å². The molecular weight excluding hydrogens is 442 g/mol. The Morgan fingerprint density at radius 2 is 1.94 bits per heavy atom. The van der Waals surface area contributed by atoms with Crippen molar-refractivity contribution in [1.82, 2.24) is 4.90 Å². The summed E-state index contributed by atoms with van der Waals surface area (Å²) in [6.45, 7) is 2.50. The van der Waals surface area contributed by atoms with Crippen LogP contribution in [0.5, 0.6) is 5.75 Å². The summed E-state index contributed by atoms with van der Waals surface area (Å²) >= 11 is 0. The monoisotopic (exact) mass is 474 g/mol. The third kappa shape index (κ3) is 6.15. The standard InChI is InChI=1S/C25H32FN2O4P/c1-32-21-8-9-24(26)22(15-21)18-10-12-28(13-11-18)25(29)27-20-5-3-4-19(14-20)23(17-6-7-17)16-33(2,30)31/h3-5,8-9,14-15,17-18,23H,6-7,10-13,16H2,1-2H3,(H,27,29)(H,30,31)/t23-/m0/s1. The largest absolute Gasteiger partial charge is 0.497 e. The molecule has 2 atom stereocenters. The van der Waals surface area contributed by atoms with Gasteiger partial charge in [-0.2, -0.15) is 0 Å². The number of halogens is 1. The second-order valence-electron chi connectivity index (χ2n) is 9.38. The molecule has 4 rings (SSSR count). The number of carbonyl (C=O) groups excluding carboxylic acids is 1. The van der Waals surface area contributed by atoms with Gasteiger partial charge in [0.25, 0.3) is 0 Å². The van der Waals surface area contributed by atoms with Gasteiger partial charge in [0, 0.05) is 31.6 Å². The Hall–Kier alpha value is -2.37. The summed E-state index contributed by atoms with van der Waals surface area (Å²) in [7, 11) is -1.57. The average Bonchev–Trinajstić information content (AvgIpc) is 3.63. The number of anilines is 1. The highest BCUT2D eigenvalue weighted by Gasteiger charge is 2.35. The number of benzene rings is 2. The summed E-state index contributed by atoms with van der Waals surface area (Å²) in [6, 6.07) is 12.2. The third-order valence-electron chi connectivity index (χ3n) is 6.72. The zero-order valence-corrected chi connectivity index (χ0v) is 20.1. The fraction of sp³-hybridized carbons (Fsp3) is 0.480. The van der Waals surface area contributed by atoms with Gasteiger partial charge < -0.3 is 19.8 Å². The number of rotatable bonds is 7. The summed E-state index contributed by atoms with van der Waals surface area (Å²) in [5.41, 5.74) is 2.33. The number of hydrogen-bond donors (Lipinski definition) is 2. The minimum absolute atomic E-state index is 0.0381. The van der Waals surface area contributed by atoms with E-state index in [0.29, 0.717) is 48.8 Å². The van der Waals surface area contributed by atoms with E-state index in [1.165, 1.54) is 12.7 Å². The number of amides is 2. The molecule has 6 nitrogen and oxygen atoms in total. The quantitative estimate of drug-likeness (QED) is 0.509. The normalized spacial score (nSPS) is 19.6. The molecule has 0 spiro atoms. The molecule has 2 fully saturated rings. The van der Waals surface area contributed by atoms with Crippen LogP contribution in [0.1, 0.15) is 48.6 Å². The second-order valence-corrected chi connectivity index (χ2v) is 11.8. The molecule has 33 heavy (non-hydrogen) atoms. The highest BCUT2D eigenvalue weighted by atomic mass is 31.2. The number of hydrogen-bond acceptors (Lipinski definition) is 3. The third-order valence-corrected chi connectivity index (χ3v) is 7.79. The second kappa shape index (κ2) is 9.86. The van der Waals surface area contributed by atoms with Crippen LogP contribution in [0.15, 0.2) is 42.5 Å². The molecule has 2 N–H and O–H groups in total. The summed E-state index contributed by atoms with van der Waals surface area (Å²) in [6.07, 6.45) is 3.78. The van der Waals surface area contributed by atoms with E-state index in [2.05, 4.69) is 5.32 Å². The van der Waals surface area contributed by atoms with E-state index < -0.39 is 7.37 Å². The van der Waals surface area contributed by atoms with Crippen molar-refractivity contribution in [3.63, 3.8) is 0 Å². The maximum atomic E-state index is 14.3. The molecule has 8 heteroatoms. The first-order valence-corrected chi connectivity index (χ1v) is 13.8. The zero-order chi connectivity index (χ0) is 23.6. The van der Waals surface area contributed by atoms with Crippen LogP contribution in [0.4, 0.5) is 14.9 Å². The number of urea groups is 1. The lowest BCUT2D eigenvalue weighted by Crippen LogP contribution is -2.40. The number of ether oxygens (including phenoxy) is 1. The van der Waals surface area contributed by atoms with Gasteiger partial charge >= 0.3 is 6.03 Å². The first kappa shape index (κ1) is 23.8. The van der Waals surface area contributed by atoms with Crippen molar-refractivity contribution in [2.45, 2.75) is 37.5 Å². The SMILES string of the molecule is COc1ccc(F)c(C2CCN(C(=O)Nc3cccc([C@@H](CP(C)(=O)O)C4CC4)c3)CC2)c1. The molecule has 1 saturated heterocycles. The van der Waals surface area contributed by atoms with Crippen LogP contribution in [0.2, 0.25) is 0 Å². The molecule has 2 amide bonds. The minimum Gasteiger partial charge on any atom is -0.497 e. The van der Waals surface area contributed by atoms with Crippen molar-refractivity contribution in [2.75, 3.05) is 38.3 Å². The van der Waals surface area contributed by atoms with Gasteiger partial charge in [0.2, 0.25) is 0 Å². The van der Waals surface area contributed by atoms with Crippen molar-refractivity contribution in [3.05, 3.63) is 59.4 Å². The Morgan fingerprint density at radius 1 is 1.21 bits per heavy atom. The van der Waals surface area contributed by atoms with Crippen molar-refractivity contribution in [1.29, 1.82) is 0 Å². The number of carbonyl (C=O) groups is 1. The van der Waals surface area contributed by atoms with Gasteiger partial charge in [0.1, 0.15) is 11.6 Å². The van der Waals surface area contributed by atoms with Crippen LogP contribution in [0.3, 0.4) is 0 Å². The molecule has 1 heterocycles. The first-order chi connectivity index (χ1) is 15.7. The van der Waals surface area contributed by atoms with Gasteiger partial charge in [-0.1, -0.05) is 12.1 Å². The molecule has 2 aliphatic rings. The molecule has 0 aromatic heterocycles. The Morgan fingerprint density at radius 3 is 2.58 bits per heavy atom. The molecule has 2 aromatic rings. The predicted molar refractivity (Wildman–Crippen MR) is 128 cm³/mol. The van der Waals surface area contributed by atoms with Crippen molar-refractivity contribution >= 4 is 19.1 Å².